The topological polar surface area (TPSA) is 46.6 Å². The lowest BCUT2D eigenvalue weighted by Crippen LogP contribution is -2.34. The normalized spacial score (nSPS) is 34.9. The van der Waals surface area contributed by atoms with Crippen LogP contribution in [0.15, 0.2) is 0 Å². The Hall–Kier alpha value is -1.13. The van der Waals surface area contributed by atoms with E-state index >= 15 is 0 Å². The van der Waals surface area contributed by atoms with Crippen LogP contribution in [0.2, 0.25) is 0 Å². The summed E-state index contributed by atoms with van der Waals surface area (Å²) < 4.78 is 18.8. The second kappa shape index (κ2) is 6.55. The number of carbonyl (C=O) groups excluding carboxylic acids is 2. The second-order valence-electron chi connectivity index (χ2n) is 7.18. The van der Waals surface area contributed by atoms with Crippen molar-refractivity contribution in [2.24, 2.45) is 23.7 Å². The molecular formula is C17H26FNO3. The molecule has 1 amide bonds. The first-order valence-corrected chi connectivity index (χ1v) is 8.67. The third kappa shape index (κ3) is 3.13. The summed E-state index contributed by atoms with van der Waals surface area (Å²) in [5.74, 6) is 1.08. The minimum absolute atomic E-state index is 0.149. The summed E-state index contributed by atoms with van der Waals surface area (Å²) in [4.78, 5) is 25.7. The van der Waals surface area contributed by atoms with Crippen molar-refractivity contribution in [3.8, 4) is 0 Å². The van der Waals surface area contributed by atoms with E-state index < -0.39 is 18.1 Å². The van der Waals surface area contributed by atoms with Crippen molar-refractivity contribution < 1.29 is 18.7 Å². The molecule has 1 aliphatic heterocycles. The number of hydrogen-bond acceptors (Lipinski definition) is 3. The molecule has 1 heterocycles. The quantitative estimate of drug-likeness (QED) is 0.733. The van der Waals surface area contributed by atoms with Crippen LogP contribution in [0.3, 0.4) is 0 Å². The summed E-state index contributed by atoms with van der Waals surface area (Å²) in [5.41, 5.74) is 0. The molecule has 1 saturated heterocycles. The molecule has 2 saturated carbocycles. The highest BCUT2D eigenvalue weighted by Gasteiger charge is 2.42. The highest BCUT2D eigenvalue weighted by atomic mass is 19.1. The number of esters is 1. The summed E-state index contributed by atoms with van der Waals surface area (Å²) in [7, 11) is 0. The van der Waals surface area contributed by atoms with E-state index in [1.54, 1.807) is 11.8 Å². The van der Waals surface area contributed by atoms with E-state index in [2.05, 4.69) is 0 Å². The monoisotopic (exact) mass is 311 g/mol. The fourth-order valence-electron chi connectivity index (χ4n) is 4.65. The number of fused-ring (bicyclic) bond motifs is 2. The molecule has 0 spiro atoms. The minimum atomic E-state index is -1.60. The van der Waals surface area contributed by atoms with E-state index in [0.29, 0.717) is 31.8 Å². The molecular weight excluding hydrogens is 285 g/mol. The lowest BCUT2D eigenvalue weighted by atomic mass is 9.86. The molecule has 0 aromatic carbocycles. The van der Waals surface area contributed by atoms with Gasteiger partial charge in [0.15, 0.2) is 0 Å². The van der Waals surface area contributed by atoms with Gasteiger partial charge in [0.1, 0.15) is 0 Å². The van der Waals surface area contributed by atoms with E-state index in [4.69, 9.17) is 4.74 Å². The van der Waals surface area contributed by atoms with Crippen LogP contribution in [0.1, 0.15) is 45.4 Å². The molecule has 5 heteroatoms. The van der Waals surface area contributed by atoms with Crippen LogP contribution >= 0.6 is 0 Å². The Balaban J connectivity index is 1.47. The smallest absolute Gasteiger partial charge is 0.341 e. The Kier molecular flexibility index (Phi) is 4.69. The van der Waals surface area contributed by atoms with E-state index in [9.17, 15) is 14.0 Å². The van der Waals surface area contributed by atoms with Gasteiger partial charge >= 0.3 is 5.97 Å². The number of ether oxygens (including phenoxy) is 1. The van der Waals surface area contributed by atoms with Crippen molar-refractivity contribution in [1.29, 1.82) is 0 Å². The summed E-state index contributed by atoms with van der Waals surface area (Å²) in [6.07, 6.45) is 4.69. The van der Waals surface area contributed by atoms with Crippen LogP contribution in [0.25, 0.3) is 0 Å². The predicted molar refractivity (Wildman–Crippen MR) is 79.8 cm³/mol. The first-order valence-electron chi connectivity index (χ1n) is 8.67. The molecule has 124 valence electrons. The van der Waals surface area contributed by atoms with Gasteiger partial charge in [0.05, 0.1) is 6.61 Å². The van der Waals surface area contributed by atoms with Gasteiger partial charge in [-0.1, -0.05) is 6.42 Å². The summed E-state index contributed by atoms with van der Waals surface area (Å²) in [6.45, 7) is 2.80. The molecule has 3 aliphatic rings. The molecule has 0 N–H and O–H groups in total. The number of rotatable bonds is 5. The second-order valence-corrected chi connectivity index (χ2v) is 7.18. The fourth-order valence-corrected chi connectivity index (χ4v) is 4.65. The Labute approximate surface area is 131 Å². The van der Waals surface area contributed by atoms with Gasteiger partial charge in [-0.2, -0.15) is 0 Å². The third-order valence-electron chi connectivity index (χ3n) is 5.82. The van der Waals surface area contributed by atoms with Crippen LogP contribution < -0.4 is 0 Å². The average Bonchev–Trinajstić information content (AvgIpc) is 3.22. The van der Waals surface area contributed by atoms with Crippen LogP contribution in [-0.4, -0.2) is 42.6 Å². The largest absolute Gasteiger partial charge is 0.464 e. The van der Waals surface area contributed by atoms with Gasteiger partial charge in [-0.05, 0) is 50.4 Å². The Morgan fingerprint density at radius 1 is 1.27 bits per heavy atom. The molecule has 5 unspecified atom stereocenters. The van der Waals surface area contributed by atoms with Gasteiger partial charge in [-0.3, -0.25) is 4.79 Å². The van der Waals surface area contributed by atoms with Gasteiger partial charge in [0, 0.05) is 25.4 Å². The van der Waals surface area contributed by atoms with Crippen molar-refractivity contribution in [3.63, 3.8) is 0 Å². The van der Waals surface area contributed by atoms with E-state index in [1.165, 1.54) is 25.7 Å². The molecule has 5 atom stereocenters. The molecule has 3 rings (SSSR count). The van der Waals surface area contributed by atoms with Crippen LogP contribution in [0.4, 0.5) is 4.39 Å². The predicted octanol–water partition coefficient (Wildman–Crippen LogP) is 2.56. The average molecular weight is 311 g/mol. The molecule has 22 heavy (non-hydrogen) atoms. The highest BCUT2D eigenvalue weighted by molar-refractivity contribution is 5.78. The number of likely N-dealkylation sites (tertiary alicyclic amines) is 1. The van der Waals surface area contributed by atoms with Crippen molar-refractivity contribution >= 4 is 11.9 Å². The Morgan fingerprint density at radius 2 is 2.09 bits per heavy atom. The first kappa shape index (κ1) is 15.8. The number of carbonyl (C=O) groups is 2. The maximum Gasteiger partial charge on any atom is 0.341 e. The number of amides is 1. The van der Waals surface area contributed by atoms with Crippen LogP contribution in [-0.2, 0) is 14.3 Å². The zero-order valence-electron chi connectivity index (χ0n) is 13.3. The number of alkyl halides is 1. The van der Waals surface area contributed by atoms with Gasteiger partial charge < -0.3 is 9.64 Å². The summed E-state index contributed by atoms with van der Waals surface area (Å²) >= 11 is 0. The Bertz CT molecular complexity index is 442. The molecule has 0 aromatic heterocycles. The standard InChI is InChI=1S/C17H26FNO3/c1-2-22-17(21)16(18)13-5-6-19(10-13)15(20)9-14-8-11-3-4-12(14)7-11/h11-14,16H,2-10H2,1H3. The maximum absolute atomic E-state index is 14.0. The number of halogens is 1. The van der Waals surface area contributed by atoms with Gasteiger partial charge in [0.2, 0.25) is 12.1 Å². The third-order valence-corrected chi connectivity index (χ3v) is 5.82. The maximum atomic E-state index is 14.0. The molecule has 0 radical (unpaired) electrons. The van der Waals surface area contributed by atoms with Crippen LogP contribution in [0.5, 0.6) is 0 Å². The molecule has 2 bridgehead atoms. The first-order chi connectivity index (χ1) is 10.6. The summed E-state index contributed by atoms with van der Waals surface area (Å²) in [5, 5.41) is 0. The lowest BCUT2D eigenvalue weighted by Gasteiger charge is -2.24. The lowest BCUT2D eigenvalue weighted by molar-refractivity contribution is -0.151. The minimum Gasteiger partial charge on any atom is -0.464 e. The Morgan fingerprint density at radius 3 is 2.73 bits per heavy atom. The van der Waals surface area contributed by atoms with Crippen molar-refractivity contribution in [2.45, 2.75) is 51.6 Å². The zero-order chi connectivity index (χ0) is 15.7. The van der Waals surface area contributed by atoms with E-state index in [0.717, 1.165) is 11.8 Å². The molecule has 2 aliphatic carbocycles. The van der Waals surface area contributed by atoms with E-state index in [1.807, 2.05) is 0 Å². The summed E-state index contributed by atoms with van der Waals surface area (Å²) in [6, 6.07) is 0. The van der Waals surface area contributed by atoms with Crippen molar-refractivity contribution in [1.82, 2.24) is 4.90 Å². The zero-order valence-corrected chi connectivity index (χ0v) is 13.3. The molecule has 4 nitrogen and oxygen atoms in total. The number of hydrogen-bond donors (Lipinski definition) is 0. The van der Waals surface area contributed by atoms with Gasteiger partial charge in [-0.25, -0.2) is 9.18 Å². The molecule has 3 fully saturated rings. The van der Waals surface area contributed by atoms with E-state index in [-0.39, 0.29) is 12.5 Å². The van der Waals surface area contributed by atoms with Gasteiger partial charge in [-0.15, -0.1) is 0 Å². The van der Waals surface area contributed by atoms with Crippen LogP contribution in [0, 0.1) is 23.7 Å². The fraction of sp³-hybridized carbons (Fsp3) is 0.882. The SMILES string of the molecule is CCOC(=O)C(F)C1CCN(C(=O)CC2CC3CCC2C3)C1. The van der Waals surface area contributed by atoms with Crippen molar-refractivity contribution in [3.05, 3.63) is 0 Å². The molecule has 0 aromatic rings. The van der Waals surface area contributed by atoms with Crippen molar-refractivity contribution in [2.75, 3.05) is 19.7 Å². The number of nitrogens with zero attached hydrogens (tertiary/aromatic N) is 1. The highest BCUT2D eigenvalue weighted by Crippen LogP contribution is 2.49. The van der Waals surface area contributed by atoms with Gasteiger partial charge in [0.25, 0.3) is 0 Å².